The predicted molar refractivity (Wildman–Crippen MR) is 104 cm³/mol. The van der Waals surface area contributed by atoms with E-state index < -0.39 is 0 Å². The van der Waals surface area contributed by atoms with E-state index in [1.165, 1.54) is 11.1 Å². The maximum absolute atomic E-state index is 6.22. The second-order valence-corrected chi connectivity index (χ2v) is 7.32. The molecule has 132 valence electrons. The highest BCUT2D eigenvalue weighted by Gasteiger charge is 2.20. The lowest BCUT2D eigenvalue weighted by Gasteiger charge is -2.28. The number of benzene rings is 1. The summed E-state index contributed by atoms with van der Waals surface area (Å²) in [5, 5.41) is 0.879. The molecule has 0 aliphatic carbocycles. The van der Waals surface area contributed by atoms with Crippen LogP contribution in [-0.4, -0.2) is 26.4 Å². The number of pyridine rings is 1. The second-order valence-electron chi connectivity index (χ2n) is 6.58. The van der Waals surface area contributed by atoms with Crippen molar-refractivity contribution in [1.82, 2.24) is 19.9 Å². The van der Waals surface area contributed by atoms with Crippen LogP contribution in [-0.2, 0) is 19.5 Å². The van der Waals surface area contributed by atoms with Crippen molar-refractivity contribution in [1.29, 1.82) is 0 Å². The van der Waals surface area contributed by atoms with Crippen molar-refractivity contribution in [2.24, 2.45) is 0 Å². The number of halogens is 2. The molecule has 0 saturated heterocycles. The first-order valence-corrected chi connectivity index (χ1v) is 9.29. The fourth-order valence-corrected chi connectivity index (χ4v) is 3.54. The highest BCUT2D eigenvalue weighted by Crippen LogP contribution is 2.24. The third-order valence-electron chi connectivity index (χ3n) is 4.62. The number of aromatic nitrogens is 3. The molecule has 0 fully saturated rings. The van der Waals surface area contributed by atoms with E-state index in [2.05, 4.69) is 46.1 Å². The van der Waals surface area contributed by atoms with Crippen molar-refractivity contribution >= 4 is 23.2 Å². The molecule has 0 bridgehead atoms. The molecule has 1 aromatic carbocycles. The lowest BCUT2D eigenvalue weighted by atomic mass is 10.1. The zero-order valence-electron chi connectivity index (χ0n) is 14.4. The van der Waals surface area contributed by atoms with E-state index in [1.54, 1.807) is 6.07 Å². The monoisotopic (exact) mass is 384 g/mol. The van der Waals surface area contributed by atoms with Gasteiger partial charge in [0.15, 0.2) is 5.82 Å². The molecule has 0 spiro atoms. The molecule has 6 heteroatoms. The molecule has 1 aliphatic rings. The maximum Gasteiger partial charge on any atom is 0.159 e. The van der Waals surface area contributed by atoms with Crippen LogP contribution < -0.4 is 0 Å². The molecule has 0 unspecified atom stereocenters. The SMILES string of the molecule is Cc1ccc(-c2ncc3c(n2)CN(Cc2ccc(Cl)nc2Cl)CC3)cc1. The van der Waals surface area contributed by atoms with Crippen molar-refractivity contribution in [2.75, 3.05) is 6.54 Å². The Balaban J connectivity index is 1.55. The lowest BCUT2D eigenvalue weighted by molar-refractivity contribution is 0.241. The maximum atomic E-state index is 6.22. The smallest absolute Gasteiger partial charge is 0.159 e. The van der Waals surface area contributed by atoms with Gasteiger partial charge in [0.1, 0.15) is 10.3 Å². The quantitative estimate of drug-likeness (QED) is 0.613. The van der Waals surface area contributed by atoms with E-state index in [1.807, 2.05) is 12.3 Å². The van der Waals surface area contributed by atoms with Crippen molar-refractivity contribution in [3.8, 4) is 11.4 Å². The normalized spacial score (nSPS) is 14.3. The van der Waals surface area contributed by atoms with Crippen LogP contribution >= 0.6 is 23.2 Å². The molecule has 3 aromatic rings. The largest absolute Gasteiger partial charge is 0.293 e. The van der Waals surface area contributed by atoms with Gasteiger partial charge in [-0.2, -0.15) is 0 Å². The molecule has 0 amide bonds. The summed E-state index contributed by atoms with van der Waals surface area (Å²) in [5.74, 6) is 0.775. The number of hydrogen-bond acceptors (Lipinski definition) is 4. The predicted octanol–water partition coefficient (Wildman–Crippen LogP) is 4.71. The van der Waals surface area contributed by atoms with Crippen LogP contribution in [0.3, 0.4) is 0 Å². The molecular formula is C20H18Cl2N4. The van der Waals surface area contributed by atoms with Gasteiger partial charge in [-0.15, -0.1) is 0 Å². The number of rotatable bonds is 3. The Morgan fingerprint density at radius 1 is 1.04 bits per heavy atom. The molecule has 3 heterocycles. The number of fused-ring (bicyclic) bond motifs is 1. The zero-order valence-corrected chi connectivity index (χ0v) is 15.9. The van der Waals surface area contributed by atoms with Crippen LogP contribution in [0.15, 0.2) is 42.6 Å². The Hall–Kier alpha value is -2.01. The second kappa shape index (κ2) is 7.31. The van der Waals surface area contributed by atoms with Crippen LogP contribution in [0.2, 0.25) is 10.3 Å². The number of nitrogens with zero attached hydrogens (tertiary/aromatic N) is 4. The van der Waals surface area contributed by atoms with Gasteiger partial charge in [0, 0.05) is 37.0 Å². The lowest BCUT2D eigenvalue weighted by Crippen LogP contribution is -2.31. The van der Waals surface area contributed by atoms with Crippen LogP contribution in [0, 0.1) is 6.92 Å². The Labute approximate surface area is 162 Å². The van der Waals surface area contributed by atoms with Crippen molar-refractivity contribution in [3.05, 3.63) is 75.3 Å². The third-order valence-corrected chi connectivity index (χ3v) is 5.16. The number of aryl methyl sites for hydroxylation is 1. The van der Waals surface area contributed by atoms with Crippen molar-refractivity contribution in [3.63, 3.8) is 0 Å². The van der Waals surface area contributed by atoms with Gasteiger partial charge in [-0.3, -0.25) is 4.90 Å². The molecule has 0 saturated carbocycles. The highest BCUT2D eigenvalue weighted by molar-refractivity contribution is 6.32. The van der Waals surface area contributed by atoms with Gasteiger partial charge >= 0.3 is 0 Å². The fourth-order valence-electron chi connectivity index (χ4n) is 3.13. The summed E-state index contributed by atoms with van der Waals surface area (Å²) in [5.41, 5.74) is 5.55. The Bertz CT molecular complexity index is 941. The Morgan fingerprint density at radius 3 is 2.62 bits per heavy atom. The average molecular weight is 385 g/mol. The first-order chi connectivity index (χ1) is 12.6. The molecule has 0 atom stereocenters. The molecule has 1 aliphatic heterocycles. The molecule has 4 rings (SSSR count). The Morgan fingerprint density at radius 2 is 1.85 bits per heavy atom. The standard InChI is InChI=1S/C20H18Cl2N4/c1-13-2-4-14(5-3-13)20-23-10-15-8-9-26(12-17(15)24-20)11-16-6-7-18(21)25-19(16)22/h2-7,10H,8-9,11-12H2,1H3. The first kappa shape index (κ1) is 17.4. The van der Waals surface area contributed by atoms with Gasteiger partial charge in [-0.25, -0.2) is 15.0 Å². The minimum Gasteiger partial charge on any atom is -0.293 e. The van der Waals surface area contributed by atoms with Crippen molar-refractivity contribution < 1.29 is 0 Å². The zero-order chi connectivity index (χ0) is 18.1. The molecule has 0 N–H and O–H groups in total. The van der Waals surface area contributed by atoms with Crippen LogP contribution in [0.25, 0.3) is 11.4 Å². The third kappa shape index (κ3) is 3.73. The van der Waals surface area contributed by atoms with Crippen LogP contribution in [0.1, 0.15) is 22.4 Å². The topological polar surface area (TPSA) is 41.9 Å². The van der Waals surface area contributed by atoms with Gasteiger partial charge in [-0.05, 0) is 25.0 Å². The van der Waals surface area contributed by atoms with E-state index in [-0.39, 0.29) is 0 Å². The fraction of sp³-hybridized carbons (Fsp3) is 0.250. The van der Waals surface area contributed by atoms with Gasteiger partial charge in [0.25, 0.3) is 0 Å². The van der Waals surface area contributed by atoms with E-state index in [0.29, 0.717) is 10.3 Å². The van der Waals surface area contributed by atoms with Crippen LogP contribution in [0.5, 0.6) is 0 Å². The van der Waals surface area contributed by atoms with E-state index in [9.17, 15) is 0 Å². The molecular weight excluding hydrogens is 367 g/mol. The molecule has 26 heavy (non-hydrogen) atoms. The van der Waals surface area contributed by atoms with E-state index in [4.69, 9.17) is 28.2 Å². The highest BCUT2D eigenvalue weighted by atomic mass is 35.5. The molecule has 4 nitrogen and oxygen atoms in total. The summed E-state index contributed by atoms with van der Waals surface area (Å²) in [6.45, 7) is 4.52. The minimum atomic E-state index is 0.415. The van der Waals surface area contributed by atoms with Gasteiger partial charge in [0.2, 0.25) is 0 Å². The summed E-state index contributed by atoms with van der Waals surface area (Å²) in [6, 6.07) is 12.0. The summed E-state index contributed by atoms with van der Waals surface area (Å²) in [7, 11) is 0. The van der Waals surface area contributed by atoms with Gasteiger partial charge in [-0.1, -0.05) is 59.1 Å². The van der Waals surface area contributed by atoms with E-state index in [0.717, 1.165) is 48.7 Å². The summed E-state index contributed by atoms with van der Waals surface area (Å²) in [4.78, 5) is 15.8. The van der Waals surface area contributed by atoms with Crippen LogP contribution in [0.4, 0.5) is 0 Å². The summed E-state index contributed by atoms with van der Waals surface area (Å²) >= 11 is 12.1. The molecule has 0 radical (unpaired) electrons. The summed E-state index contributed by atoms with van der Waals surface area (Å²) in [6.07, 6.45) is 2.90. The minimum absolute atomic E-state index is 0.415. The average Bonchev–Trinajstić information content (AvgIpc) is 2.64. The van der Waals surface area contributed by atoms with E-state index >= 15 is 0 Å². The number of hydrogen-bond donors (Lipinski definition) is 0. The van der Waals surface area contributed by atoms with Gasteiger partial charge in [0.05, 0.1) is 5.69 Å². The Kier molecular flexibility index (Phi) is 4.90. The first-order valence-electron chi connectivity index (χ1n) is 8.53. The summed E-state index contributed by atoms with van der Waals surface area (Å²) < 4.78 is 0. The van der Waals surface area contributed by atoms with Gasteiger partial charge < -0.3 is 0 Å². The van der Waals surface area contributed by atoms with Crippen molar-refractivity contribution in [2.45, 2.75) is 26.4 Å². The molecule has 2 aromatic heterocycles.